The van der Waals surface area contributed by atoms with Crippen molar-refractivity contribution in [2.45, 2.75) is 96.3 Å². The summed E-state index contributed by atoms with van der Waals surface area (Å²) in [6, 6.07) is 56.0. The van der Waals surface area contributed by atoms with Gasteiger partial charge in [0.05, 0.1) is 43.7 Å². The molecule has 3 fully saturated rings. The van der Waals surface area contributed by atoms with Crippen LogP contribution in [0, 0.1) is 0 Å². The van der Waals surface area contributed by atoms with Gasteiger partial charge in [0, 0.05) is 39.5 Å². The van der Waals surface area contributed by atoms with Gasteiger partial charge in [-0.2, -0.15) is 65.5 Å². The lowest BCUT2D eigenvalue weighted by molar-refractivity contribution is -0.290. The molecule has 3 aliphatic rings. The Kier molecular flexibility index (Phi) is 19.7. The van der Waals surface area contributed by atoms with Crippen LogP contribution in [0.4, 0.5) is 62.8 Å². The number of ketones is 1. The van der Waals surface area contributed by atoms with Gasteiger partial charge in [0.25, 0.3) is 0 Å². The van der Waals surface area contributed by atoms with Crippen molar-refractivity contribution in [2.24, 2.45) is 5.14 Å². The number of rotatable bonds is 19. The molecule has 3 aliphatic carbocycles. The quantitative estimate of drug-likeness (QED) is 0.0380. The minimum atomic E-state index is -5.71. The number of hydrogen-bond acceptors (Lipinski definition) is 10. The normalized spacial score (nSPS) is 18.2. The van der Waals surface area contributed by atoms with Crippen molar-refractivity contribution in [3.05, 3.63) is 245 Å². The largest absolute Gasteiger partial charge is 0.516 e. The van der Waals surface area contributed by atoms with Crippen molar-refractivity contribution in [2.75, 3.05) is 17.9 Å². The lowest BCUT2D eigenvalue weighted by Gasteiger charge is -2.19. The van der Waals surface area contributed by atoms with E-state index >= 15 is 0 Å². The van der Waals surface area contributed by atoms with E-state index in [-0.39, 0.29) is 57.1 Å². The smallest absolute Gasteiger partial charge is 0.487 e. The first-order chi connectivity index (χ1) is 50.0. The minimum Gasteiger partial charge on any atom is -0.487 e. The summed E-state index contributed by atoms with van der Waals surface area (Å²) < 4.78 is 223. The van der Waals surface area contributed by atoms with Gasteiger partial charge >= 0.3 is 39.7 Å². The van der Waals surface area contributed by atoms with Crippen LogP contribution in [-0.4, -0.2) is 95.4 Å². The molecule has 0 saturated heterocycles. The van der Waals surface area contributed by atoms with E-state index in [0.29, 0.717) is 57.3 Å². The molecule has 0 amide bonds. The number of halogens is 14. The van der Waals surface area contributed by atoms with Crippen LogP contribution in [0.2, 0.25) is 5.02 Å². The van der Waals surface area contributed by atoms with E-state index in [1.807, 2.05) is 54.6 Å². The average Bonchev–Trinajstić information content (AvgIpc) is 1.60. The molecule has 15 nitrogen and oxygen atoms in total. The Morgan fingerprint density at radius 3 is 1.29 bits per heavy atom. The van der Waals surface area contributed by atoms with Gasteiger partial charge in [-0.1, -0.05) is 127 Å². The van der Waals surface area contributed by atoms with E-state index in [9.17, 15) is 78.7 Å². The second kappa shape index (κ2) is 28.2. The minimum absolute atomic E-state index is 0.00167. The van der Waals surface area contributed by atoms with Gasteiger partial charge in [-0.3, -0.25) is 9.52 Å². The molecule has 3 heterocycles. The highest BCUT2D eigenvalue weighted by molar-refractivity contribution is 7.93. The van der Waals surface area contributed by atoms with Gasteiger partial charge in [-0.15, -0.1) is 0 Å². The molecule has 15 rings (SSSR count). The highest BCUT2D eigenvalue weighted by atomic mass is 35.5. The van der Waals surface area contributed by atoms with E-state index in [0.717, 1.165) is 73.9 Å². The van der Waals surface area contributed by atoms with E-state index < -0.39 is 63.0 Å². The molecule has 106 heavy (non-hydrogen) atoms. The van der Waals surface area contributed by atoms with E-state index in [1.165, 1.54) is 54.1 Å². The van der Waals surface area contributed by atoms with Gasteiger partial charge in [0.2, 0.25) is 10.0 Å². The molecule has 0 radical (unpaired) electrons. The molecule has 0 bridgehead atoms. The number of sulfonamides is 2. The molecular formula is C75H58ClF13N8O7S2. The topological polar surface area (TPSA) is 228 Å². The molecule has 6 N–H and O–H groups in total. The molecule has 3 aromatic heterocycles. The number of Topliss-reactive ketones (excluding diaryl/α,β-unsaturated/α-hetero) is 1. The van der Waals surface area contributed by atoms with Crippen molar-refractivity contribution in [1.29, 1.82) is 0 Å². The number of aromatic amines is 3. The SMILES string of the molecule is CC(=O)c1ccccc1-c1ccc2nc(C3CC3c3cccc(Cl)c3)[nH]c2c1.NS(=O)(=O)c1ccccc1-c1ccc2nc(C3CC3c3ccc(OCC(F)(F)C(F)(F)F)cc3)[nH]c2c1.O=S(=O)(Nc1ccccc1-c1ccc2nc(C3CC3c3ccc(OCC(F)(F)C(F)(F)F)cc3)[nH]c2c1)C(F)(F)F. The zero-order valence-corrected chi connectivity index (χ0v) is 57.3. The highest BCUT2D eigenvalue weighted by Gasteiger charge is 2.59. The number of anilines is 1. The Labute approximate surface area is 600 Å². The lowest BCUT2D eigenvalue weighted by atomic mass is 9.97. The number of para-hydroxylation sites is 1. The van der Waals surface area contributed by atoms with Crippen molar-refractivity contribution in [3.8, 4) is 44.9 Å². The monoisotopic (exact) mass is 1530 g/mol. The number of nitrogens with two attached hydrogens (primary N) is 1. The number of imidazole rings is 3. The van der Waals surface area contributed by atoms with Crippen LogP contribution in [0.15, 0.2) is 205 Å². The van der Waals surface area contributed by atoms with E-state index in [4.69, 9.17) is 21.7 Å². The zero-order chi connectivity index (χ0) is 75.6. The number of aromatic nitrogens is 6. The number of carbonyl (C=O) groups excluding carboxylic acids is 1. The predicted molar refractivity (Wildman–Crippen MR) is 372 cm³/mol. The maximum atomic E-state index is 13.1. The van der Waals surface area contributed by atoms with Gasteiger partial charge < -0.3 is 24.4 Å². The van der Waals surface area contributed by atoms with Gasteiger partial charge in [0.15, 0.2) is 19.0 Å². The molecule has 550 valence electrons. The van der Waals surface area contributed by atoms with Gasteiger partial charge in [-0.25, -0.2) is 28.5 Å². The summed E-state index contributed by atoms with van der Waals surface area (Å²) >= 11 is 6.14. The summed E-state index contributed by atoms with van der Waals surface area (Å²) in [4.78, 5) is 36.0. The van der Waals surface area contributed by atoms with Crippen LogP contribution >= 0.6 is 11.6 Å². The van der Waals surface area contributed by atoms with Crippen LogP contribution in [0.3, 0.4) is 0 Å². The number of fused-ring (bicyclic) bond motifs is 3. The standard InChI is InChI=1S/C26H19F8N3O3S.C25H20F5N3O3S.C24H19ClN2O/c27-24(28,25(29,30)31)13-40-16-8-5-14(6-9-16)18-12-19(18)23-35-21-10-7-15(11-22(21)36-23)17-3-1-2-4-20(17)37-41(38,39)26(32,33)34;26-24(27,25(28,29)30)13-36-16-8-5-14(6-9-16)18-12-19(18)23-32-20-10-7-15(11-21(20)33-23)17-3-1-2-4-22(17)37(31,34)35;1-14(28)18-7-2-3-8-19(18)16-9-10-22-23(12-16)27-24(26-22)21-13-20(21)15-5-4-6-17(25)11-15/h1-11,18-19,37H,12-13H2,(H,35,36);1-11,18-19H,12-13H2,(H,32,33)(H2,31,34,35);2-12,20-21H,13H2,1H3,(H,26,27). The summed E-state index contributed by atoms with van der Waals surface area (Å²) in [5, 5.41) is 6.14. The zero-order valence-electron chi connectivity index (χ0n) is 54.9. The Morgan fingerprint density at radius 1 is 0.472 bits per heavy atom. The summed E-state index contributed by atoms with van der Waals surface area (Å²) in [5.74, 6) is -6.69. The fourth-order valence-electron chi connectivity index (χ4n) is 12.6. The summed E-state index contributed by atoms with van der Waals surface area (Å²) in [6.07, 6.45) is -8.85. The first kappa shape index (κ1) is 74.0. The third-order valence-corrected chi connectivity index (χ3v) is 20.7. The van der Waals surface area contributed by atoms with Crippen LogP contribution in [-0.2, 0) is 20.0 Å². The van der Waals surface area contributed by atoms with Crippen LogP contribution in [0.5, 0.6) is 11.5 Å². The fourth-order valence-corrected chi connectivity index (χ4v) is 14.1. The number of ether oxygens (including phenoxy) is 2. The van der Waals surface area contributed by atoms with Gasteiger partial charge in [-0.05, 0) is 168 Å². The average molecular weight is 1530 g/mol. The second-order valence-electron chi connectivity index (χ2n) is 25.8. The molecule has 0 aliphatic heterocycles. The highest BCUT2D eigenvalue weighted by Crippen LogP contribution is 2.57. The second-order valence-corrected chi connectivity index (χ2v) is 29.5. The summed E-state index contributed by atoms with van der Waals surface area (Å²) in [7, 11) is -9.54. The summed E-state index contributed by atoms with van der Waals surface area (Å²) in [5.41, 5.74) is 6.23. The first-order valence-corrected chi connectivity index (χ1v) is 35.9. The Hall–Kier alpha value is -10.3. The number of benzene rings is 9. The number of alkyl halides is 13. The maximum absolute atomic E-state index is 13.1. The first-order valence-electron chi connectivity index (χ1n) is 32.5. The Morgan fingerprint density at radius 2 is 0.868 bits per heavy atom. The van der Waals surface area contributed by atoms with Crippen molar-refractivity contribution in [3.63, 3.8) is 0 Å². The van der Waals surface area contributed by atoms with E-state index in [1.54, 1.807) is 96.6 Å². The van der Waals surface area contributed by atoms with Crippen molar-refractivity contribution >= 4 is 76.2 Å². The fraction of sp³-hybridized carbons (Fsp3) is 0.227. The van der Waals surface area contributed by atoms with Crippen LogP contribution in [0.1, 0.15) is 106 Å². The Balaban J connectivity index is 0.000000143. The molecular weight excluding hydrogens is 1470 g/mol. The molecule has 31 heteroatoms. The summed E-state index contributed by atoms with van der Waals surface area (Å²) in [6.45, 7) is -2.01. The predicted octanol–water partition coefficient (Wildman–Crippen LogP) is 19.4. The number of nitrogens with zero attached hydrogens (tertiary/aromatic N) is 3. The molecule has 3 saturated carbocycles. The lowest BCUT2D eigenvalue weighted by Crippen LogP contribution is -2.41. The number of hydrogen-bond donors (Lipinski definition) is 5. The molecule has 6 atom stereocenters. The maximum Gasteiger partial charge on any atom is 0.516 e. The van der Waals surface area contributed by atoms with E-state index in [2.05, 4.69) is 46.5 Å². The molecule has 12 aromatic rings. The van der Waals surface area contributed by atoms with Gasteiger partial charge in [0.1, 0.15) is 29.0 Å². The number of nitrogens with one attached hydrogen (secondary N) is 4. The van der Waals surface area contributed by atoms with Crippen molar-refractivity contribution in [1.82, 2.24) is 29.9 Å². The third kappa shape index (κ3) is 16.1. The Bertz CT molecular complexity index is 5540. The number of H-pyrrole nitrogens is 3. The number of primary sulfonamides is 1. The van der Waals surface area contributed by atoms with Crippen molar-refractivity contribution < 1.29 is 88.2 Å². The third-order valence-electron chi connectivity index (χ3n) is 18.4. The van der Waals surface area contributed by atoms with Crippen LogP contribution < -0.4 is 19.3 Å². The van der Waals surface area contributed by atoms with Crippen LogP contribution in [0.25, 0.3) is 66.5 Å². The molecule has 6 unspecified atom stereocenters. The number of carbonyl (C=O) groups is 1. The molecule has 0 spiro atoms. The molecule has 9 aromatic carbocycles.